The second kappa shape index (κ2) is 10.3. The van der Waals surface area contributed by atoms with E-state index in [9.17, 15) is 25.2 Å². The molecule has 10 nitrogen and oxygen atoms in total. The molecule has 3 aromatic rings. The third-order valence-corrected chi connectivity index (χ3v) is 5.81. The number of para-hydroxylation sites is 1. The number of benzene rings is 2. The molecule has 34 heavy (non-hydrogen) atoms. The Bertz CT molecular complexity index is 1130. The number of fused-ring (bicyclic) bond motifs is 3. The standard InChI is InChI=1S/C24H30N2O8/c1-12(2)25-10-13(33-24-21(29)19(27)20(28)22(34-24)23(30)31)11-32-17-9-5-8-16-18(17)14-6-3-4-7-15(14)26-16/h3-9,12-13,19-22,24-29H,10-11H2,1-2H3,(H,30,31)/t13-,19-,20-,21+,22-,24+/m0/s1. The zero-order chi connectivity index (χ0) is 24.4. The normalized spacial score (nSPS) is 26.2. The molecule has 1 aromatic heterocycles. The number of aromatic amines is 1. The monoisotopic (exact) mass is 474 g/mol. The minimum atomic E-state index is -1.78. The second-order valence-electron chi connectivity index (χ2n) is 8.72. The predicted octanol–water partition coefficient (Wildman–Crippen LogP) is 0.975. The maximum absolute atomic E-state index is 11.4. The largest absolute Gasteiger partial charge is 0.490 e. The van der Waals surface area contributed by atoms with Gasteiger partial charge in [-0.2, -0.15) is 0 Å². The Hall–Kier alpha value is -2.73. The van der Waals surface area contributed by atoms with Crippen molar-refractivity contribution in [3.8, 4) is 5.75 Å². The number of aliphatic hydroxyl groups is 3. The first-order chi connectivity index (χ1) is 16.3. The molecule has 2 heterocycles. The van der Waals surface area contributed by atoms with E-state index in [1.165, 1.54) is 0 Å². The molecule has 0 bridgehead atoms. The van der Waals surface area contributed by atoms with Crippen LogP contribution in [0, 0.1) is 0 Å². The van der Waals surface area contributed by atoms with Crippen LogP contribution in [0.5, 0.6) is 5.75 Å². The van der Waals surface area contributed by atoms with Crippen molar-refractivity contribution in [2.24, 2.45) is 0 Å². The van der Waals surface area contributed by atoms with Gasteiger partial charge in [-0.1, -0.05) is 38.1 Å². The van der Waals surface area contributed by atoms with Crippen molar-refractivity contribution in [3.63, 3.8) is 0 Å². The van der Waals surface area contributed by atoms with Crippen molar-refractivity contribution in [2.75, 3.05) is 13.2 Å². The summed E-state index contributed by atoms with van der Waals surface area (Å²) >= 11 is 0. The average molecular weight is 475 g/mol. The van der Waals surface area contributed by atoms with Crippen molar-refractivity contribution in [2.45, 2.75) is 56.7 Å². The minimum absolute atomic E-state index is 0.0569. The molecule has 0 saturated carbocycles. The van der Waals surface area contributed by atoms with E-state index in [1.54, 1.807) is 0 Å². The van der Waals surface area contributed by atoms with Gasteiger partial charge in [0.05, 0.1) is 5.52 Å². The molecule has 0 radical (unpaired) electrons. The summed E-state index contributed by atoms with van der Waals surface area (Å²) in [4.78, 5) is 14.8. The van der Waals surface area contributed by atoms with Gasteiger partial charge in [-0.25, -0.2) is 4.79 Å². The van der Waals surface area contributed by atoms with E-state index in [-0.39, 0.29) is 12.6 Å². The first-order valence-electron chi connectivity index (χ1n) is 11.2. The van der Waals surface area contributed by atoms with Crippen LogP contribution in [-0.4, -0.2) is 87.4 Å². The predicted molar refractivity (Wildman–Crippen MR) is 124 cm³/mol. The Balaban J connectivity index is 1.54. The first-order valence-corrected chi connectivity index (χ1v) is 11.2. The molecule has 4 rings (SSSR count). The topological polar surface area (TPSA) is 154 Å². The lowest BCUT2D eigenvalue weighted by Gasteiger charge is -2.39. The second-order valence-corrected chi connectivity index (χ2v) is 8.72. The maximum Gasteiger partial charge on any atom is 0.335 e. The van der Waals surface area contributed by atoms with Gasteiger partial charge in [0.25, 0.3) is 0 Å². The Kier molecular flexibility index (Phi) is 7.36. The van der Waals surface area contributed by atoms with Crippen molar-refractivity contribution in [3.05, 3.63) is 42.5 Å². The van der Waals surface area contributed by atoms with Crippen LogP contribution in [0.3, 0.4) is 0 Å². The highest BCUT2D eigenvalue weighted by atomic mass is 16.7. The van der Waals surface area contributed by atoms with Gasteiger partial charge in [0, 0.05) is 28.9 Å². The summed E-state index contributed by atoms with van der Waals surface area (Å²) in [6.07, 6.45) is -9.02. The Morgan fingerprint density at radius 2 is 1.79 bits per heavy atom. The molecule has 1 aliphatic heterocycles. The fraction of sp³-hybridized carbons (Fsp3) is 0.458. The van der Waals surface area contributed by atoms with Gasteiger partial charge < -0.3 is 44.9 Å². The van der Waals surface area contributed by atoms with Crippen molar-refractivity contribution in [1.29, 1.82) is 0 Å². The number of carboxylic acids is 1. The molecule has 6 N–H and O–H groups in total. The number of aromatic nitrogens is 1. The van der Waals surface area contributed by atoms with Crippen molar-refractivity contribution in [1.82, 2.24) is 10.3 Å². The molecule has 0 amide bonds. The van der Waals surface area contributed by atoms with Gasteiger partial charge in [-0.15, -0.1) is 0 Å². The van der Waals surface area contributed by atoms with Crippen molar-refractivity contribution < 1.29 is 39.4 Å². The highest BCUT2D eigenvalue weighted by molar-refractivity contribution is 6.10. The molecular weight excluding hydrogens is 444 g/mol. The SMILES string of the molecule is CC(C)NC[C@@H](COc1cccc2[nH]c3ccccc3c12)O[C@@H]1O[C@H](C(=O)O)[C@@H](O)[C@H](O)[C@H]1O. The summed E-state index contributed by atoms with van der Waals surface area (Å²) in [5.74, 6) is -0.830. The molecule has 1 saturated heterocycles. The van der Waals surface area contributed by atoms with Crippen LogP contribution in [0.4, 0.5) is 0 Å². The Morgan fingerprint density at radius 3 is 2.53 bits per heavy atom. The number of rotatable bonds is 9. The van der Waals surface area contributed by atoms with Crippen LogP contribution in [0.15, 0.2) is 42.5 Å². The van der Waals surface area contributed by atoms with Crippen LogP contribution in [-0.2, 0) is 14.3 Å². The van der Waals surface area contributed by atoms with E-state index in [4.69, 9.17) is 14.2 Å². The molecule has 0 aliphatic carbocycles. The quantitative estimate of drug-likeness (QED) is 0.266. The fourth-order valence-electron chi connectivity index (χ4n) is 4.04. The van der Waals surface area contributed by atoms with Gasteiger partial charge in [0.15, 0.2) is 12.4 Å². The molecule has 6 atom stereocenters. The number of carbonyl (C=O) groups is 1. The summed E-state index contributed by atoms with van der Waals surface area (Å²) in [7, 11) is 0. The molecule has 10 heteroatoms. The summed E-state index contributed by atoms with van der Waals surface area (Å²) in [5.41, 5.74) is 1.90. The lowest BCUT2D eigenvalue weighted by molar-refractivity contribution is -0.305. The summed E-state index contributed by atoms with van der Waals surface area (Å²) in [5, 5.41) is 44.8. The lowest BCUT2D eigenvalue weighted by Crippen LogP contribution is -2.61. The number of carboxylic acid groups (broad SMARTS) is 1. The number of ether oxygens (including phenoxy) is 3. The smallest absolute Gasteiger partial charge is 0.335 e. The summed E-state index contributed by atoms with van der Waals surface area (Å²) in [6.45, 7) is 4.28. The number of hydrogen-bond donors (Lipinski definition) is 6. The van der Waals surface area contributed by atoms with Crippen LogP contribution in [0.25, 0.3) is 21.8 Å². The Labute approximate surface area is 196 Å². The molecule has 1 fully saturated rings. The van der Waals surface area contributed by atoms with Crippen LogP contribution in [0.1, 0.15) is 13.8 Å². The van der Waals surface area contributed by atoms with Crippen LogP contribution >= 0.6 is 0 Å². The zero-order valence-electron chi connectivity index (χ0n) is 18.9. The van der Waals surface area contributed by atoms with E-state index in [0.29, 0.717) is 12.3 Å². The zero-order valence-corrected chi connectivity index (χ0v) is 18.9. The van der Waals surface area contributed by atoms with Crippen molar-refractivity contribution >= 4 is 27.8 Å². The first kappa shape index (κ1) is 24.4. The van der Waals surface area contributed by atoms with E-state index in [1.807, 2.05) is 56.3 Å². The molecule has 0 unspecified atom stereocenters. The lowest BCUT2D eigenvalue weighted by atomic mass is 9.99. The molecule has 0 spiro atoms. The Morgan fingerprint density at radius 1 is 1.06 bits per heavy atom. The number of H-pyrrole nitrogens is 1. The molecule has 1 aliphatic rings. The highest BCUT2D eigenvalue weighted by Crippen LogP contribution is 2.33. The van der Waals surface area contributed by atoms with E-state index in [0.717, 1.165) is 21.8 Å². The van der Waals surface area contributed by atoms with Gasteiger partial charge >= 0.3 is 5.97 Å². The molecular formula is C24H30N2O8. The highest BCUT2D eigenvalue weighted by Gasteiger charge is 2.48. The third kappa shape index (κ3) is 5.02. The van der Waals surface area contributed by atoms with Gasteiger partial charge in [-0.05, 0) is 18.2 Å². The number of nitrogens with one attached hydrogen (secondary N) is 2. The van der Waals surface area contributed by atoms with Crippen LogP contribution < -0.4 is 10.1 Å². The van der Waals surface area contributed by atoms with Gasteiger partial charge in [0.1, 0.15) is 36.8 Å². The van der Waals surface area contributed by atoms with E-state index in [2.05, 4.69) is 10.3 Å². The van der Waals surface area contributed by atoms with Gasteiger partial charge in [-0.3, -0.25) is 0 Å². The fourth-order valence-corrected chi connectivity index (χ4v) is 4.04. The summed E-state index contributed by atoms with van der Waals surface area (Å²) < 4.78 is 17.3. The maximum atomic E-state index is 11.4. The third-order valence-electron chi connectivity index (χ3n) is 5.81. The molecule has 2 aromatic carbocycles. The summed E-state index contributed by atoms with van der Waals surface area (Å²) in [6, 6.07) is 13.7. The number of hydrogen-bond acceptors (Lipinski definition) is 8. The minimum Gasteiger partial charge on any atom is -0.490 e. The van der Waals surface area contributed by atoms with E-state index < -0.39 is 42.8 Å². The average Bonchev–Trinajstić information content (AvgIpc) is 3.19. The van der Waals surface area contributed by atoms with Gasteiger partial charge in [0.2, 0.25) is 0 Å². The van der Waals surface area contributed by atoms with E-state index >= 15 is 0 Å². The molecule has 184 valence electrons. The van der Waals surface area contributed by atoms with Crippen LogP contribution in [0.2, 0.25) is 0 Å². The number of aliphatic hydroxyl groups excluding tert-OH is 3. The number of aliphatic carboxylic acids is 1.